The highest BCUT2D eigenvalue weighted by Crippen LogP contribution is 2.26. The van der Waals surface area contributed by atoms with Crippen molar-refractivity contribution in [3.63, 3.8) is 0 Å². The smallest absolute Gasteiger partial charge is 0.257 e. The summed E-state index contributed by atoms with van der Waals surface area (Å²) in [4.78, 5) is 26.7. The van der Waals surface area contributed by atoms with E-state index < -0.39 is 0 Å². The van der Waals surface area contributed by atoms with E-state index in [1.807, 2.05) is 14.0 Å². The average Bonchev–Trinajstić information content (AvgIpc) is 2.65. The van der Waals surface area contributed by atoms with Crippen LogP contribution >= 0.6 is 24.0 Å². The largest absolute Gasteiger partial charge is 0.496 e. The topological polar surface area (TPSA) is 70.7 Å². The number of nitrogens with one attached hydrogen (secondary N) is 2. The number of carbonyl (C=O) groups is 2. The molecule has 1 atom stereocenters. The molecule has 2 N–H and O–H groups in total. The number of methoxy groups -OCH3 is 1. The van der Waals surface area contributed by atoms with E-state index in [1.54, 1.807) is 23.1 Å². The fourth-order valence-electron chi connectivity index (χ4n) is 2.86. The lowest BCUT2D eigenvalue weighted by Gasteiger charge is -2.32. The number of carbonyl (C=O) groups excluding carboxylic acids is 2. The second-order valence-corrected chi connectivity index (χ2v) is 6.78. The third-order valence-electron chi connectivity index (χ3n) is 4.62. The van der Waals surface area contributed by atoms with Gasteiger partial charge in [-0.1, -0.05) is 11.6 Å². The van der Waals surface area contributed by atoms with E-state index in [0.29, 0.717) is 48.8 Å². The van der Waals surface area contributed by atoms with E-state index in [9.17, 15) is 9.59 Å². The molecule has 1 aliphatic heterocycles. The van der Waals surface area contributed by atoms with Crippen molar-refractivity contribution in [1.29, 1.82) is 0 Å². The molecule has 1 heterocycles. The van der Waals surface area contributed by atoms with E-state index in [0.717, 1.165) is 0 Å². The van der Waals surface area contributed by atoms with Crippen molar-refractivity contribution in [3.8, 4) is 5.75 Å². The number of hydrogen-bond donors (Lipinski definition) is 2. The van der Waals surface area contributed by atoms with Crippen LogP contribution in [0.25, 0.3) is 0 Å². The number of piperidine rings is 1. The van der Waals surface area contributed by atoms with Crippen LogP contribution in [0, 0.1) is 5.92 Å². The molecule has 0 saturated carbocycles. The first kappa shape index (κ1) is 22.5. The maximum absolute atomic E-state index is 12.7. The Morgan fingerprint density at radius 1 is 1.35 bits per heavy atom. The summed E-state index contributed by atoms with van der Waals surface area (Å²) in [5.41, 5.74) is 0.459. The Morgan fingerprint density at radius 3 is 2.58 bits per heavy atom. The summed E-state index contributed by atoms with van der Waals surface area (Å²) in [6, 6.07) is 5.25. The first-order chi connectivity index (χ1) is 12.0. The Labute approximate surface area is 166 Å². The number of rotatable bonds is 6. The van der Waals surface area contributed by atoms with Gasteiger partial charge in [-0.25, -0.2) is 0 Å². The summed E-state index contributed by atoms with van der Waals surface area (Å²) >= 11 is 6.01. The van der Waals surface area contributed by atoms with E-state index in [1.165, 1.54) is 7.11 Å². The second kappa shape index (κ2) is 10.6. The second-order valence-electron chi connectivity index (χ2n) is 6.35. The van der Waals surface area contributed by atoms with Gasteiger partial charge in [0.05, 0.1) is 12.7 Å². The standard InChI is InChI=1S/C18H26ClN3O3.ClH/c1-12(20-2)11-21-17(23)13-6-8-22(9-7-13)18(24)15-10-14(19)4-5-16(15)25-3;/h4-5,10,12-13,20H,6-9,11H2,1-3H3,(H,21,23);1H. The quantitative estimate of drug-likeness (QED) is 0.764. The molecular formula is C18H27Cl2N3O3. The number of amides is 2. The number of ether oxygens (including phenoxy) is 1. The van der Waals surface area contributed by atoms with Crippen LogP contribution in [0.2, 0.25) is 5.02 Å². The van der Waals surface area contributed by atoms with Crippen LogP contribution in [-0.4, -0.2) is 56.5 Å². The number of hydrogen-bond acceptors (Lipinski definition) is 4. The summed E-state index contributed by atoms with van der Waals surface area (Å²) in [6.45, 7) is 3.72. The van der Waals surface area contributed by atoms with E-state index >= 15 is 0 Å². The molecule has 6 nitrogen and oxygen atoms in total. The Kier molecular flexibility index (Phi) is 9.19. The van der Waals surface area contributed by atoms with Crippen molar-refractivity contribution >= 4 is 35.8 Å². The summed E-state index contributed by atoms with van der Waals surface area (Å²) in [6.07, 6.45) is 1.32. The highest BCUT2D eigenvalue weighted by Gasteiger charge is 2.29. The minimum atomic E-state index is -0.109. The van der Waals surface area contributed by atoms with Crippen LogP contribution in [0.15, 0.2) is 18.2 Å². The van der Waals surface area contributed by atoms with Crippen molar-refractivity contribution in [1.82, 2.24) is 15.5 Å². The van der Waals surface area contributed by atoms with Crippen LogP contribution in [0.3, 0.4) is 0 Å². The average molecular weight is 404 g/mol. The zero-order chi connectivity index (χ0) is 18.4. The molecule has 0 bridgehead atoms. The highest BCUT2D eigenvalue weighted by molar-refractivity contribution is 6.31. The lowest BCUT2D eigenvalue weighted by Crippen LogP contribution is -2.45. The maximum Gasteiger partial charge on any atom is 0.257 e. The Bertz CT molecular complexity index is 620. The molecule has 0 aliphatic carbocycles. The van der Waals surface area contributed by atoms with Crippen molar-refractivity contribution in [2.24, 2.45) is 5.92 Å². The van der Waals surface area contributed by atoms with Gasteiger partial charge in [0.2, 0.25) is 5.91 Å². The molecule has 1 unspecified atom stereocenters. The van der Waals surface area contributed by atoms with Crippen molar-refractivity contribution in [3.05, 3.63) is 28.8 Å². The predicted octanol–water partition coefficient (Wildman–Crippen LogP) is 2.35. The van der Waals surface area contributed by atoms with Gasteiger partial charge in [-0.15, -0.1) is 12.4 Å². The third kappa shape index (κ3) is 5.76. The number of halogens is 2. The predicted molar refractivity (Wildman–Crippen MR) is 105 cm³/mol. The molecule has 2 amide bonds. The van der Waals surface area contributed by atoms with Crippen LogP contribution in [0.4, 0.5) is 0 Å². The van der Waals surface area contributed by atoms with Gasteiger partial charge in [0.15, 0.2) is 0 Å². The summed E-state index contributed by atoms with van der Waals surface area (Å²) in [5, 5.41) is 6.55. The number of nitrogens with zero attached hydrogens (tertiary/aromatic N) is 1. The first-order valence-electron chi connectivity index (χ1n) is 8.54. The Hall–Kier alpha value is -1.50. The van der Waals surface area contributed by atoms with Crippen molar-refractivity contribution in [2.45, 2.75) is 25.8 Å². The van der Waals surface area contributed by atoms with Crippen molar-refractivity contribution < 1.29 is 14.3 Å². The Balaban J connectivity index is 0.00000338. The zero-order valence-electron chi connectivity index (χ0n) is 15.4. The molecule has 8 heteroatoms. The van der Waals surface area contributed by atoms with Gasteiger partial charge in [0.25, 0.3) is 5.91 Å². The number of benzene rings is 1. The summed E-state index contributed by atoms with van der Waals surface area (Å²) in [5.74, 6) is 0.418. The molecule has 1 aromatic carbocycles. The van der Waals surface area contributed by atoms with Gasteiger partial charge < -0.3 is 20.3 Å². The molecular weight excluding hydrogens is 377 g/mol. The number of likely N-dealkylation sites (tertiary alicyclic amines) is 1. The SMILES string of the molecule is CNC(C)CNC(=O)C1CCN(C(=O)c2cc(Cl)ccc2OC)CC1.Cl. The van der Waals surface area contributed by atoms with Gasteiger partial charge in [-0.2, -0.15) is 0 Å². The molecule has 1 aromatic rings. The molecule has 26 heavy (non-hydrogen) atoms. The van der Waals surface area contributed by atoms with Gasteiger partial charge in [-0.05, 0) is 45.0 Å². The normalized spacial score (nSPS) is 15.8. The number of likely N-dealkylation sites (N-methyl/N-ethyl adjacent to an activating group) is 1. The van der Waals surface area contributed by atoms with Crippen LogP contribution in [0.1, 0.15) is 30.1 Å². The zero-order valence-corrected chi connectivity index (χ0v) is 17.0. The molecule has 1 fully saturated rings. The summed E-state index contributed by atoms with van der Waals surface area (Å²) < 4.78 is 5.26. The minimum absolute atomic E-state index is 0. The van der Waals surface area contributed by atoms with Crippen molar-refractivity contribution in [2.75, 3.05) is 33.8 Å². The molecule has 1 aliphatic rings. The highest BCUT2D eigenvalue weighted by atomic mass is 35.5. The summed E-state index contributed by atoms with van der Waals surface area (Å²) in [7, 11) is 3.40. The van der Waals surface area contributed by atoms with E-state index in [4.69, 9.17) is 16.3 Å². The molecule has 0 aromatic heterocycles. The third-order valence-corrected chi connectivity index (χ3v) is 4.86. The molecule has 0 spiro atoms. The fourth-order valence-corrected chi connectivity index (χ4v) is 3.03. The van der Waals surface area contributed by atoms with E-state index in [-0.39, 0.29) is 36.2 Å². The van der Waals surface area contributed by atoms with Crippen LogP contribution in [-0.2, 0) is 4.79 Å². The maximum atomic E-state index is 12.7. The first-order valence-corrected chi connectivity index (χ1v) is 8.91. The van der Waals surface area contributed by atoms with Gasteiger partial charge in [0, 0.05) is 36.6 Å². The van der Waals surface area contributed by atoms with Crippen LogP contribution < -0.4 is 15.4 Å². The molecule has 1 saturated heterocycles. The van der Waals surface area contributed by atoms with Crippen LogP contribution in [0.5, 0.6) is 5.75 Å². The molecule has 2 rings (SSSR count). The monoisotopic (exact) mass is 403 g/mol. The lowest BCUT2D eigenvalue weighted by atomic mass is 9.95. The minimum Gasteiger partial charge on any atom is -0.496 e. The Morgan fingerprint density at radius 2 is 2.00 bits per heavy atom. The molecule has 146 valence electrons. The molecule has 0 radical (unpaired) electrons. The van der Waals surface area contributed by atoms with Gasteiger partial charge >= 0.3 is 0 Å². The fraction of sp³-hybridized carbons (Fsp3) is 0.556. The lowest BCUT2D eigenvalue weighted by molar-refractivity contribution is -0.126. The van der Waals surface area contributed by atoms with Gasteiger partial charge in [0.1, 0.15) is 5.75 Å². The van der Waals surface area contributed by atoms with Gasteiger partial charge in [-0.3, -0.25) is 9.59 Å². The van der Waals surface area contributed by atoms with E-state index in [2.05, 4.69) is 10.6 Å².